The Morgan fingerprint density at radius 3 is 2.14 bits per heavy atom. The van der Waals surface area contributed by atoms with Crippen molar-refractivity contribution in [2.75, 3.05) is 26.2 Å². The summed E-state index contributed by atoms with van der Waals surface area (Å²) in [5.74, 6) is -0.264. The largest absolute Gasteiger partial charge is 0.336 e. The molecule has 1 fully saturated rings. The molecule has 28 heavy (non-hydrogen) atoms. The number of aryl methyl sites for hydroxylation is 1. The van der Waals surface area contributed by atoms with Crippen LogP contribution in [0.4, 0.5) is 0 Å². The number of rotatable bonds is 5. The molecule has 0 saturated carbocycles. The Morgan fingerprint density at radius 1 is 0.929 bits per heavy atom. The van der Waals surface area contributed by atoms with Gasteiger partial charge in [-0.15, -0.1) is 0 Å². The third kappa shape index (κ3) is 4.15. The fraction of sp³-hybridized carbons (Fsp3) is 0.333. The van der Waals surface area contributed by atoms with E-state index in [-0.39, 0.29) is 29.7 Å². The molecule has 3 rings (SSSR count). The molecular formula is C21H24N2O4S. The molecular weight excluding hydrogens is 376 g/mol. The first kappa shape index (κ1) is 20.2. The lowest BCUT2D eigenvalue weighted by Gasteiger charge is -2.34. The van der Waals surface area contributed by atoms with Gasteiger partial charge in [-0.25, -0.2) is 8.42 Å². The molecule has 1 saturated heterocycles. The predicted molar refractivity (Wildman–Crippen MR) is 107 cm³/mol. The molecule has 1 heterocycles. The highest BCUT2D eigenvalue weighted by molar-refractivity contribution is 7.89. The summed E-state index contributed by atoms with van der Waals surface area (Å²) in [6.07, 6.45) is 0.913. The van der Waals surface area contributed by atoms with Gasteiger partial charge in [0, 0.05) is 37.3 Å². The van der Waals surface area contributed by atoms with Crippen molar-refractivity contribution in [1.82, 2.24) is 9.21 Å². The fourth-order valence-electron chi connectivity index (χ4n) is 3.22. The van der Waals surface area contributed by atoms with Crippen LogP contribution in [0.25, 0.3) is 0 Å². The third-order valence-electron chi connectivity index (χ3n) is 5.01. The number of sulfonamides is 1. The number of piperazine rings is 1. The number of carbonyl (C=O) groups excluding carboxylic acids is 2. The van der Waals surface area contributed by atoms with E-state index in [9.17, 15) is 18.0 Å². The van der Waals surface area contributed by atoms with Gasteiger partial charge in [-0.05, 0) is 43.2 Å². The molecule has 2 aromatic rings. The standard InChI is InChI=1S/C21H24N2O4S/c1-3-17-7-9-18(10-8-17)21(25)22-11-13-23(14-12-22)28(26,27)20-6-4-5-19(15-20)16(2)24/h4-10,15H,3,11-14H2,1-2H3. The van der Waals surface area contributed by atoms with E-state index in [0.717, 1.165) is 6.42 Å². The van der Waals surface area contributed by atoms with Crippen LogP contribution in [0, 0.1) is 0 Å². The second kappa shape index (κ2) is 8.24. The number of benzene rings is 2. The van der Waals surface area contributed by atoms with Crippen LogP contribution >= 0.6 is 0 Å². The highest BCUT2D eigenvalue weighted by Crippen LogP contribution is 2.20. The summed E-state index contributed by atoms with van der Waals surface area (Å²) in [5, 5.41) is 0. The number of ketones is 1. The first-order valence-electron chi connectivity index (χ1n) is 9.32. The van der Waals surface area contributed by atoms with E-state index in [2.05, 4.69) is 6.92 Å². The zero-order valence-corrected chi connectivity index (χ0v) is 16.9. The molecule has 7 heteroatoms. The number of nitrogens with zero attached hydrogens (tertiary/aromatic N) is 2. The van der Waals surface area contributed by atoms with Crippen LogP contribution in [-0.2, 0) is 16.4 Å². The van der Waals surface area contributed by atoms with Crippen LogP contribution < -0.4 is 0 Å². The number of hydrogen-bond acceptors (Lipinski definition) is 4. The van der Waals surface area contributed by atoms with Gasteiger partial charge in [0.15, 0.2) is 5.78 Å². The average Bonchev–Trinajstić information content (AvgIpc) is 2.73. The van der Waals surface area contributed by atoms with Crippen molar-refractivity contribution >= 4 is 21.7 Å². The maximum atomic E-state index is 12.9. The van der Waals surface area contributed by atoms with Crippen LogP contribution in [0.1, 0.15) is 40.1 Å². The van der Waals surface area contributed by atoms with E-state index in [1.165, 1.54) is 28.9 Å². The van der Waals surface area contributed by atoms with Gasteiger partial charge in [0.1, 0.15) is 0 Å². The minimum absolute atomic E-state index is 0.0849. The molecule has 0 radical (unpaired) electrons. The summed E-state index contributed by atoms with van der Waals surface area (Å²) in [7, 11) is -3.70. The Labute approximate surface area is 165 Å². The summed E-state index contributed by atoms with van der Waals surface area (Å²) in [5.41, 5.74) is 2.15. The molecule has 0 aliphatic carbocycles. The van der Waals surface area contributed by atoms with Crippen LogP contribution in [0.5, 0.6) is 0 Å². The second-order valence-electron chi connectivity index (χ2n) is 6.83. The van der Waals surface area contributed by atoms with Gasteiger partial charge >= 0.3 is 0 Å². The molecule has 0 N–H and O–H groups in total. The van der Waals surface area contributed by atoms with Gasteiger partial charge in [0.25, 0.3) is 5.91 Å². The summed E-state index contributed by atoms with van der Waals surface area (Å²) >= 11 is 0. The van der Waals surface area contributed by atoms with Crippen LogP contribution in [0.3, 0.4) is 0 Å². The molecule has 0 aromatic heterocycles. The molecule has 148 valence electrons. The van der Waals surface area contributed by atoms with Crippen molar-refractivity contribution in [2.45, 2.75) is 25.2 Å². The lowest BCUT2D eigenvalue weighted by Crippen LogP contribution is -2.50. The lowest BCUT2D eigenvalue weighted by atomic mass is 10.1. The van der Waals surface area contributed by atoms with Gasteiger partial charge in [-0.1, -0.05) is 31.2 Å². The maximum absolute atomic E-state index is 12.9. The van der Waals surface area contributed by atoms with Gasteiger partial charge < -0.3 is 4.90 Å². The minimum Gasteiger partial charge on any atom is -0.336 e. The number of carbonyl (C=O) groups is 2. The zero-order valence-electron chi connectivity index (χ0n) is 16.1. The quantitative estimate of drug-likeness (QED) is 0.723. The van der Waals surface area contributed by atoms with E-state index in [1.807, 2.05) is 24.3 Å². The first-order chi connectivity index (χ1) is 13.3. The highest BCUT2D eigenvalue weighted by Gasteiger charge is 2.30. The van der Waals surface area contributed by atoms with Gasteiger partial charge in [-0.3, -0.25) is 9.59 Å². The fourth-order valence-corrected chi connectivity index (χ4v) is 4.69. The van der Waals surface area contributed by atoms with Crippen molar-refractivity contribution in [3.63, 3.8) is 0 Å². The Morgan fingerprint density at radius 2 is 1.57 bits per heavy atom. The lowest BCUT2D eigenvalue weighted by molar-refractivity contribution is 0.0697. The zero-order chi connectivity index (χ0) is 20.3. The molecule has 0 unspecified atom stereocenters. The third-order valence-corrected chi connectivity index (χ3v) is 6.91. The number of amides is 1. The van der Waals surface area contributed by atoms with E-state index in [1.54, 1.807) is 17.0 Å². The van der Waals surface area contributed by atoms with E-state index in [4.69, 9.17) is 0 Å². The molecule has 2 aromatic carbocycles. The van der Waals surface area contributed by atoms with Gasteiger partial charge in [-0.2, -0.15) is 4.31 Å². The Hall–Kier alpha value is -2.51. The Bertz CT molecular complexity index is 976. The monoisotopic (exact) mass is 400 g/mol. The SMILES string of the molecule is CCc1ccc(C(=O)N2CCN(S(=O)(=O)c3cccc(C(C)=O)c3)CC2)cc1. The summed E-state index contributed by atoms with van der Waals surface area (Å²) < 4.78 is 27.2. The van der Waals surface area contributed by atoms with Crippen LogP contribution in [0.15, 0.2) is 53.4 Å². The van der Waals surface area contributed by atoms with Crippen molar-refractivity contribution in [3.8, 4) is 0 Å². The van der Waals surface area contributed by atoms with Crippen LogP contribution in [-0.4, -0.2) is 55.5 Å². The molecule has 1 aliphatic heterocycles. The van der Waals surface area contributed by atoms with Crippen molar-refractivity contribution in [1.29, 1.82) is 0 Å². The van der Waals surface area contributed by atoms with Gasteiger partial charge in [0.2, 0.25) is 10.0 Å². The first-order valence-corrected chi connectivity index (χ1v) is 10.8. The minimum atomic E-state index is -3.70. The average molecular weight is 401 g/mol. The topological polar surface area (TPSA) is 74.8 Å². The summed E-state index contributed by atoms with van der Waals surface area (Å²) in [4.78, 5) is 26.0. The normalized spacial score (nSPS) is 15.4. The molecule has 1 aliphatic rings. The van der Waals surface area contributed by atoms with Crippen LogP contribution in [0.2, 0.25) is 0 Å². The molecule has 6 nitrogen and oxygen atoms in total. The molecule has 0 spiro atoms. The molecule has 0 bridgehead atoms. The van der Waals surface area contributed by atoms with Crippen molar-refractivity contribution in [2.24, 2.45) is 0 Å². The highest BCUT2D eigenvalue weighted by atomic mass is 32.2. The summed E-state index contributed by atoms with van der Waals surface area (Å²) in [6.45, 7) is 4.59. The second-order valence-corrected chi connectivity index (χ2v) is 8.77. The number of hydrogen-bond donors (Lipinski definition) is 0. The van der Waals surface area contributed by atoms with Crippen molar-refractivity contribution < 1.29 is 18.0 Å². The molecule has 1 amide bonds. The Kier molecular flexibility index (Phi) is 5.96. The van der Waals surface area contributed by atoms with E-state index in [0.29, 0.717) is 24.2 Å². The summed E-state index contributed by atoms with van der Waals surface area (Å²) in [6, 6.07) is 13.6. The van der Waals surface area contributed by atoms with Crippen molar-refractivity contribution in [3.05, 3.63) is 65.2 Å². The van der Waals surface area contributed by atoms with Gasteiger partial charge in [0.05, 0.1) is 4.90 Å². The van der Waals surface area contributed by atoms with E-state index >= 15 is 0 Å². The molecule has 0 atom stereocenters. The Balaban J connectivity index is 1.69. The number of Topliss-reactive ketones (excluding diaryl/α,β-unsaturated/α-hetero) is 1. The maximum Gasteiger partial charge on any atom is 0.253 e. The van der Waals surface area contributed by atoms with E-state index < -0.39 is 10.0 Å². The smallest absolute Gasteiger partial charge is 0.253 e. The predicted octanol–water partition coefficient (Wildman–Crippen LogP) is 2.60.